The third-order valence-electron chi connectivity index (χ3n) is 4.99. The van der Waals surface area contributed by atoms with Crippen LogP contribution in [0, 0.1) is 12.7 Å². The Kier molecular flexibility index (Phi) is 5.36. The number of aromatic hydroxyl groups is 1. The standard InChI is InChI=1S/C23H24FNO3/c1-12(2)22-21(15-5-8-19(24)13(3)9-15)17-7-6-16(26)11-18(17)23(25-22)14(4)10-20(27)28/h5-9,11-12,14,26H,10H2,1-4H3,(H,27,28). The Morgan fingerprint density at radius 3 is 2.39 bits per heavy atom. The lowest BCUT2D eigenvalue weighted by atomic mass is 9.88. The number of hydrogen-bond acceptors (Lipinski definition) is 3. The molecule has 0 amide bonds. The van der Waals surface area contributed by atoms with Gasteiger partial charge >= 0.3 is 5.97 Å². The zero-order chi connectivity index (χ0) is 20.6. The fourth-order valence-corrected chi connectivity index (χ4v) is 3.60. The van der Waals surface area contributed by atoms with Crippen molar-refractivity contribution in [3.8, 4) is 16.9 Å². The summed E-state index contributed by atoms with van der Waals surface area (Å²) in [6.07, 6.45) is -0.0513. The molecule has 2 N–H and O–H groups in total. The van der Waals surface area contributed by atoms with Gasteiger partial charge in [-0.25, -0.2) is 4.39 Å². The Morgan fingerprint density at radius 1 is 1.07 bits per heavy atom. The molecule has 0 fully saturated rings. The molecule has 146 valence electrons. The minimum atomic E-state index is -0.896. The highest BCUT2D eigenvalue weighted by Gasteiger charge is 2.22. The third kappa shape index (κ3) is 3.70. The average Bonchev–Trinajstić information content (AvgIpc) is 2.61. The molecule has 3 rings (SSSR count). The summed E-state index contributed by atoms with van der Waals surface area (Å²) >= 11 is 0. The van der Waals surface area contributed by atoms with Gasteiger partial charge in [0.05, 0.1) is 17.8 Å². The zero-order valence-corrected chi connectivity index (χ0v) is 16.5. The van der Waals surface area contributed by atoms with E-state index >= 15 is 0 Å². The molecule has 0 saturated carbocycles. The number of benzene rings is 2. The van der Waals surface area contributed by atoms with E-state index in [1.807, 2.05) is 26.8 Å². The van der Waals surface area contributed by atoms with Crippen molar-refractivity contribution in [1.82, 2.24) is 4.98 Å². The van der Waals surface area contributed by atoms with Crippen LogP contribution in [-0.4, -0.2) is 21.2 Å². The number of aryl methyl sites for hydroxylation is 1. The maximum Gasteiger partial charge on any atom is 0.304 e. The molecule has 28 heavy (non-hydrogen) atoms. The number of nitrogens with zero attached hydrogens (tertiary/aromatic N) is 1. The smallest absolute Gasteiger partial charge is 0.304 e. The van der Waals surface area contributed by atoms with Gasteiger partial charge in [0.15, 0.2) is 0 Å². The van der Waals surface area contributed by atoms with Gasteiger partial charge < -0.3 is 10.2 Å². The van der Waals surface area contributed by atoms with E-state index in [1.165, 1.54) is 6.07 Å². The Hall–Kier alpha value is -2.95. The summed E-state index contributed by atoms with van der Waals surface area (Å²) in [5.74, 6) is -1.31. The summed E-state index contributed by atoms with van der Waals surface area (Å²) < 4.78 is 13.8. The van der Waals surface area contributed by atoms with E-state index in [-0.39, 0.29) is 29.8 Å². The van der Waals surface area contributed by atoms with Crippen LogP contribution in [0.25, 0.3) is 21.9 Å². The second-order valence-corrected chi connectivity index (χ2v) is 7.60. The molecule has 2 aromatic carbocycles. The number of carboxylic acid groups (broad SMARTS) is 1. The summed E-state index contributed by atoms with van der Waals surface area (Å²) in [6.45, 7) is 7.60. The number of carboxylic acids is 1. The van der Waals surface area contributed by atoms with Crippen LogP contribution >= 0.6 is 0 Å². The molecule has 0 saturated heterocycles. The average molecular weight is 381 g/mol. The highest BCUT2D eigenvalue weighted by atomic mass is 19.1. The maximum atomic E-state index is 13.8. The molecule has 5 heteroatoms. The van der Waals surface area contributed by atoms with Crippen molar-refractivity contribution in [1.29, 1.82) is 0 Å². The van der Waals surface area contributed by atoms with Gasteiger partial charge in [0.25, 0.3) is 0 Å². The van der Waals surface area contributed by atoms with Gasteiger partial charge in [0.1, 0.15) is 11.6 Å². The summed E-state index contributed by atoms with van der Waals surface area (Å²) in [6, 6.07) is 10.0. The van der Waals surface area contributed by atoms with Gasteiger partial charge in [-0.3, -0.25) is 9.78 Å². The molecule has 0 aliphatic heterocycles. The van der Waals surface area contributed by atoms with Gasteiger partial charge in [-0.1, -0.05) is 26.8 Å². The molecule has 0 aliphatic carbocycles. The summed E-state index contributed by atoms with van der Waals surface area (Å²) in [5.41, 5.74) is 3.76. The first-order valence-corrected chi connectivity index (χ1v) is 9.33. The molecule has 0 radical (unpaired) electrons. The molecule has 0 aliphatic rings. The fraction of sp³-hybridized carbons (Fsp3) is 0.304. The van der Waals surface area contributed by atoms with Crippen LogP contribution in [0.4, 0.5) is 4.39 Å². The van der Waals surface area contributed by atoms with Crippen LogP contribution in [-0.2, 0) is 4.79 Å². The summed E-state index contributed by atoms with van der Waals surface area (Å²) in [5, 5.41) is 20.9. The zero-order valence-electron chi connectivity index (χ0n) is 16.5. The first kappa shape index (κ1) is 19.8. The van der Waals surface area contributed by atoms with E-state index in [1.54, 1.807) is 31.2 Å². The lowest BCUT2D eigenvalue weighted by Crippen LogP contribution is -2.09. The highest BCUT2D eigenvalue weighted by molar-refractivity contribution is 6.00. The minimum Gasteiger partial charge on any atom is -0.508 e. The van der Waals surface area contributed by atoms with E-state index in [2.05, 4.69) is 0 Å². The maximum absolute atomic E-state index is 13.8. The van der Waals surface area contributed by atoms with Crippen LogP contribution in [0.1, 0.15) is 56.0 Å². The molecule has 4 nitrogen and oxygen atoms in total. The predicted octanol–water partition coefficient (Wildman–Crippen LogP) is 5.76. The van der Waals surface area contributed by atoms with Crippen LogP contribution in [0.5, 0.6) is 5.75 Å². The Labute approximate surface area is 163 Å². The minimum absolute atomic E-state index is 0.0513. The molecular weight excluding hydrogens is 357 g/mol. The fourth-order valence-electron chi connectivity index (χ4n) is 3.60. The Morgan fingerprint density at radius 2 is 1.79 bits per heavy atom. The molecule has 0 bridgehead atoms. The largest absolute Gasteiger partial charge is 0.508 e. The highest BCUT2D eigenvalue weighted by Crippen LogP contribution is 2.40. The number of phenolic OH excluding ortho intramolecular Hbond substituents is 1. The number of phenols is 1. The SMILES string of the molecule is Cc1cc(-c2c(C(C)C)nc(C(C)CC(=O)O)c3cc(O)ccc23)ccc1F. The normalized spacial score (nSPS) is 12.5. The molecule has 3 aromatic rings. The number of fused-ring (bicyclic) bond motifs is 1. The van der Waals surface area contributed by atoms with E-state index < -0.39 is 5.97 Å². The van der Waals surface area contributed by atoms with Gasteiger partial charge in [-0.15, -0.1) is 0 Å². The number of pyridine rings is 1. The first-order chi connectivity index (χ1) is 13.2. The van der Waals surface area contributed by atoms with Crippen molar-refractivity contribution in [3.63, 3.8) is 0 Å². The van der Waals surface area contributed by atoms with Crippen molar-refractivity contribution in [3.05, 3.63) is 59.2 Å². The van der Waals surface area contributed by atoms with Crippen LogP contribution < -0.4 is 0 Å². The lowest BCUT2D eigenvalue weighted by molar-refractivity contribution is -0.137. The number of aliphatic carboxylic acids is 1. The van der Waals surface area contributed by atoms with Crippen molar-refractivity contribution < 1.29 is 19.4 Å². The molecular formula is C23H24FNO3. The van der Waals surface area contributed by atoms with Crippen molar-refractivity contribution in [2.24, 2.45) is 0 Å². The summed E-state index contributed by atoms with van der Waals surface area (Å²) in [4.78, 5) is 16.1. The van der Waals surface area contributed by atoms with E-state index in [9.17, 15) is 19.4 Å². The predicted molar refractivity (Wildman–Crippen MR) is 108 cm³/mol. The van der Waals surface area contributed by atoms with Crippen molar-refractivity contribution in [2.45, 2.75) is 46.0 Å². The number of halogens is 1. The second-order valence-electron chi connectivity index (χ2n) is 7.60. The number of hydrogen-bond donors (Lipinski definition) is 2. The molecule has 1 aromatic heterocycles. The molecule has 1 unspecified atom stereocenters. The number of carbonyl (C=O) groups is 1. The molecule has 0 spiro atoms. The van der Waals surface area contributed by atoms with Crippen molar-refractivity contribution in [2.75, 3.05) is 0 Å². The van der Waals surface area contributed by atoms with E-state index in [0.717, 1.165) is 27.6 Å². The van der Waals surface area contributed by atoms with E-state index in [4.69, 9.17) is 4.98 Å². The molecule has 1 heterocycles. The first-order valence-electron chi connectivity index (χ1n) is 9.33. The molecule has 1 atom stereocenters. The lowest BCUT2D eigenvalue weighted by Gasteiger charge is -2.21. The summed E-state index contributed by atoms with van der Waals surface area (Å²) in [7, 11) is 0. The monoisotopic (exact) mass is 381 g/mol. The second kappa shape index (κ2) is 7.58. The van der Waals surface area contributed by atoms with Gasteiger partial charge in [0, 0.05) is 16.9 Å². The number of aromatic nitrogens is 1. The van der Waals surface area contributed by atoms with Crippen LogP contribution in [0.2, 0.25) is 0 Å². The van der Waals surface area contributed by atoms with Gasteiger partial charge in [0.2, 0.25) is 0 Å². The Balaban J connectivity index is 2.39. The van der Waals surface area contributed by atoms with Crippen LogP contribution in [0.3, 0.4) is 0 Å². The topological polar surface area (TPSA) is 70.4 Å². The van der Waals surface area contributed by atoms with Crippen molar-refractivity contribution >= 4 is 16.7 Å². The third-order valence-corrected chi connectivity index (χ3v) is 4.99. The Bertz CT molecular complexity index is 1060. The van der Waals surface area contributed by atoms with Gasteiger partial charge in [-0.2, -0.15) is 0 Å². The van der Waals surface area contributed by atoms with E-state index in [0.29, 0.717) is 11.3 Å². The number of rotatable bonds is 5. The van der Waals surface area contributed by atoms with Gasteiger partial charge in [-0.05, 0) is 59.7 Å². The quantitative estimate of drug-likeness (QED) is 0.590. The van der Waals surface area contributed by atoms with Crippen LogP contribution in [0.15, 0.2) is 36.4 Å².